The number of fused-ring (bicyclic) bond motifs is 2. The maximum absolute atomic E-state index is 13.2. The molecule has 4 heteroatoms. The van der Waals surface area contributed by atoms with Gasteiger partial charge >= 0.3 is 0 Å². The highest BCUT2D eigenvalue weighted by Gasteiger charge is 2.43. The van der Waals surface area contributed by atoms with Gasteiger partial charge in [-0.2, -0.15) is 5.26 Å². The van der Waals surface area contributed by atoms with E-state index in [0.717, 1.165) is 31.2 Å². The minimum atomic E-state index is -0.211. The van der Waals surface area contributed by atoms with Gasteiger partial charge in [0.2, 0.25) is 0 Å². The largest absolute Gasteiger partial charge is 0.333 e. The van der Waals surface area contributed by atoms with Gasteiger partial charge in [0.05, 0.1) is 11.6 Å². The van der Waals surface area contributed by atoms with E-state index in [4.69, 9.17) is 5.26 Å². The van der Waals surface area contributed by atoms with Crippen LogP contribution in [-0.4, -0.2) is 22.9 Å². The zero-order valence-corrected chi connectivity index (χ0v) is 13.9. The molecule has 3 nitrogen and oxygen atoms in total. The Bertz CT molecular complexity index is 826. The van der Waals surface area contributed by atoms with Crippen LogP contribution in [0.25, 0.3) is 0 Å². The highest BCUT2D eigenvalue weighted by Crippen LogP contribution is 2.43. The van der Waals surface area contributed by atoms with Crippen LogP contribution in [0, 0.1) is 17.1 Å². The fourth-order valence-electron chi connectivity index (χ4n) is 4.39. The van der Waals surface area contributed by atoms with Crippen molar-refractivity contribution in [3.05, 3.63) is 71.0 Å². The number of rotatable bonds is 2. The summed E-state index contributed by atoms with van der Waals surface area (Å²) in [6.07, 6.45) is 3.88. The Balaban J connectivity index is 1.55. The van der Waals surface area contributed by atoms with E-state index in [1.165, 1.54) is 12.1 Å². The molecule has 0 aliphatic carbocycles. The van der Waals surface area contributed by atoms with Gasteiger partial charge in [-0.1, -0.05) is 18.2 Å². The minimum absolute atomic E-state index is 0.0298. The molecule has 0 saturated carbocycles. The molecule has 0 N–H and O–H groups in total. The summed E-state index contributed by atoms with van der Waals surface area (Å²) in [4.78, 5) is 15.0. The molecular formula is C21H19FN2O. The summed E-state index contributed by atoms with van der Waals surface area (Å²) in [5, 5.41) is 9.05. The van der Waals surface area contributed by atoms with Gasteiger partial charge < -0.3 is 4.90 Å². The highest BCUT2D eigenvalue weighted by molar-refractivity contribution is 5.95. The molecule has 2 unspecified atom stereocenters. The summed E-state index contributed by atoms with van der Waals surface area (Å²) in [5.41, 5.74) is 2.27. The number of hydrogen-bond donors (Lipinski definition) is 0. The topological polar surface area (TPSA) is 44.1 Å². The third-order valence-corrected chi connectivity index (χ3v) is 5.55. The third-order valence-electron chi connectivity index (χ3n) is 5.55. The number of carbonyl (C=O) groups is 1. The summed E-state index contributed by atoms with van der Waals surface area (Å²) in [6.45, 7) is 0. The van der Waals surface area contributed by atoms with Crippen LogP contribution >= 0.6 is 0 Å². The quantitative estimate of drug-likeness (QED) is 0.824. The Kier molecular flexibility index (Phi) is 4.01. The molecule has 0 aromatic heterocycles. The lowest BCUT2D eigenvalue weighted by Crippen LogP contribution is -2.46. The van der Waals surface area contributed by atoms with Crippen molar-refractivity contribution in [2.75, 3.05) is 0 Å². The van der Waals surface area contributed by atoms with E-state index in [-0.39, 0.29) is 23.8 Å². The molecule has 2 aliphatic rings. The molecule has 2 saturated heterocycles. The third kappa shape index (κ3) is 2.91. The zero-order chi connectivity index (χ0) is 17.4. The molecule has 4 rings (SSSR count). The monoisotopic (exact) mass is 334 g/mol. The van der Waals surface area contributed by atoms with E-state index in [1.54, 1.807) is 24.3 Å². The number of nitrogens with zero attached hydrogens (tertiary/aromatic N) is 2. The predicted octanol–water partition coefficient (Wildman–Crippen LogP) is 4.25. The van der Waals surface area contributed by atoms with Crippen molar-refractivity contribution in [2.24, 2.45) is 0 Å². The second-order valence-corrected chi connectivity index (χ2v) is 7.01. The van der Waals surface area contributed by atoms with E-state index in [0.29, 0.717) is 17.0 Å². The van der Waals surface area contributed by atoms with E-state index in [9.17, 15) is 9.18 Å². The number of piperidine rings is 1. The van der Waals surface area contributed by atoms with Crippen LogP contribution in [0.2, 0.25) is 0 Å². The van der Waals surface area contributed by atoms with Crippen molar-refractivity contribution in [1.82, 2.24) is 4.90 Å². The van der Waals surface area contributed by atoms with Gasteiger partial charge in [0.15, 0.2) is 0 Å². The first-order chi connectivity index (χ1) is 12.2. The molecule has 2 heterocycles. The van der Waals surface area contributed by atoms with Crippen LogP contribution in [0.1, 0.15) is 53.1 Å². The van der Waals surface area contributed by atoms with Gasteiger partial charge in [-0.15, -0.1) is 0 Å². The van der Waals surface area contributed by atoms with Crippen molar-refractivity contribution in [3.8, 4) is 6.07 Å². The first-order valence-corrected chi connectivity index (χ1v) is 8.74. The molecule has 2 aliphatic heterocycles. The fourth-order valence-corrected chi connectivity index (χ4v) is 4.39. The van der Waals surface area contributed by atoms with Gasteiger partial charge in [0.25, 0.3) is 5.91 Å². The van der Waals surface area contributed by atoms with Crippen molar-refractivity contribution in [1.29, 1.82) is 5.26 Å². The van der Waals surface area contributed by atoms with Crippen LogP contribution in [0.4, 0.5) is 4.39 Å². The molecule has 0 radical (unpaired) electrons. The van der Waals surface area contributed by atoms with E-state index >= 15 is 0 Å². The van der Waals surface area contributed by atoms with Gasteiger partial charge in [-0.25, -0.2) is 4.39 Å². The normalized spacial score (nSPS) is 24.8. The summed E-state index contributed by atoms with van der Waals surface area (Å²) in [7, 11) is 0. The Morgan fingerprint density at radius 1 is 1.08 bits per heavy atom. The lowest BCUT2D eigenvalue weighted by Gasteiger charge is -2.39. The number of amides is 1. The molecule has 2 aromatic carbocycles. The lowest BCUT2D eigenvalue weighted by atomic mass is 9.84. The van der Waals surface area contributed by atoms with Crippen LogP contribution in [-0.2, 0) is 0 Å². The first-order valence-electron chi connectivity index (χ1n) is 8.74. The Labute approximate surface area is 146 Å². The average molecular weight is 334 g/mol. The van der Waals surface area contributed by atoms with Crippen LogP contribution in [0.3, 0.4) is 0 Å². The molecule has 2 aromatic rings. The van der Waals surface area contributed by atoms with E-state index in [1.807, 2.05) is 17.0 Å². The number of nitriles is 1. The van der Waals surface area contributed by atoms with Gasteiger partial charge in [0.1, 0.15) is 5.82 Å². The van der Waals surface area contributed by atoms with Crippen molar-refractivity contribution in [3.63, 3.8) is 0 Å². The summed E-state index contributed by atoms with van der Waals surface area (Å²) in [5.74, 6) is 0.200. The van der Waals surface area contributed by atoms with Crippen molar-refractivity contribution in [2.45, 2.75) is 43.7 Å². The molecule has 126 valence electrons. The Morgan fingerprint density at radius 3 is 2.40 bits per heavy atom. The van der Waals surface area contributed by atoms with Crippen LogP contribution < -0.4 is 0 Å². The molecule has 1 amide bonds. The fraction of sp³-hybridized carbons (Fsp3) is 0.333. The van der Waals surface area contributed by atoms with Crippen molar-refractivity contribution < 1.29 is 9.18 Å². The maximum atomic E-state index is 13.2. The lowest BCUT2D eigenvalue weighted by molar-refractivity contribution is 0.0571. The molecule has 2 fully saturated rings. The molecule has 25 heavy (non-hydrogen) atoms. The zero-order valence-electron chi connectivity index (χ0n) is 13.9. The average Bonchev–Trinajstić information content (AvgIpc) is 2.91. The Hall–Kier alpha value is -2.67. The molecule has 2 atom stereocenters. The minimum Gasteiger partial charge on any atom is -0.333 e. The second kappa shape index (κ2) is 6.33. The molecular weight excluding hydrogens is 315 g/mol. The SMILES string of the molecule is N#Cc1cccc(C(=O)N2C3CCC2CC(c2ccc(F)cc2)C3)c1. The number of halogens is 1. The first kappa shape index (κ1) is 15.8. The highest BCUT2D eigenvalue weighted by atomic mass is 19.1. The smallest absolute Gasteiger partial charge is 0.254 e. The van der Waals surface area contributed by atoms with E-state index < -0.39 is 0 Å². The molecule has 2 bridgehead atoms. The Morgan fingerprint density at radius 2 is 1.76 bits per heavy atom. The number of hydrogen-bond acceptors (Lipinski definition) is 2. The van der Waals surface area contributed by atoms with Crippen LogP contribution in [0.15, 0.2) is 48.5 Å². The van der Waals surface area contributed by atoms with E-state index in [2.05, 4.69) is 6.07 Å². The van der Waals surface area contributed by atoms with Gasteiger partial charge in [0, 0.05) is 17.6 Å². The van der Waals surface area contributed by atoms with Crippen LogP contribution in [0.5, 0.6) is 0 Å². The van der Waals surface area contributed by atoms with Gasteiger partial charge in [-0.05, 0) is 67.5 Å². The van der Waals surface area contributed by atoms with Crippen molar-refractivity contribution >= 4 is 5.91 Å². The second-order valence-electron chi connectivity index (χ2n) is 7.01. The maximum Gasteiger partial charge on any atom is 0.254 e. The number of benzene rings is 2. The number of carbonyl (C=O) groups excluding carboxylic acids is 1. The predicted molar refractivity (Wildman–Crippen MR) is 92.5 cm³/mol. The summed E-state index contributed by atoms with van der Waals surface area (Å²) >= 11 is 0. The summed E-state index contributed by atoms with van der Waals surface area (Å²) in [6, 6.07) is 16.3. The standard InChI is InChI=1S/C21H19FN2O/c22-18-6-4-15(5-7-18)17-11-19-8-9-20(12-17)24(19)21(25)16-3-1-2-14(10-16)13-23/h1-7,10,17,19-20H,8-9,11-12H2. The molecule has 0 spiro atoms. The van der Waals surface area contributed by atoms with Gasteiger partial charge in [-0.3, -0.25) is 4.79 Å². The summed E-state index contributed by atoms with van der Waals surface area (Å²) < 4.78 is 13.2.